The normalized spacial score (nSPS) is 17.5. The van der Waals surface area contributed by atoms with E-state index >= 15 is 0 Å². The van der Waals surface area contributed by atoms with Gasteiger partial charge in [0.05, 0.1) is 13.1 Å². The maximum absolute atomic E-state index is 11.8. The van der Waals surface area contributed by atoms with Crippen molar-refractivity contribution in [2.75, 3.05) is 13.1 Å². The van der Waals surface area contributed by atoms with Gasteiger partial charge in [0.2, 0.25) is 0 Å². The molecule has 0 bridgehead atoms. The molecule has 1 N–H and O–H groups in total. The number of ether oxygens (including phenoxy) is 1. The van der Waals surface area contributed by atoms with Crippen LogP contribution in [-0.2, 0) is 11.2 Å². The molecule has 1 heterocycles. The van der Waals surface area contributed by atoms with Crippen LogP contribution < -0.4 is 0 Å². The van der Waals surface area contributed by atoms with Crippen LogP contribution in [-0.4, -0.2) is 40.4 Å². The van der Waals surface area contributed by atoms with Crippen LogP contribution >= 0.6 is 0 Å². The summed E-state index contributed by atoms with van der Waals surface area (Å²) >= 11 is 0. The van der Waals surface area contributed by atoms with Crippen molar-refractivity contribution >= 4 is 6.09 Å². The number of benzene rings is 1. The van der Waals surface area contributed by atoms with Gasteiger partial charge in [0.15, 0.2) is 0 Å². The van der Waals surface area contributed by atoms with Gasteiger partial charge in [-0.3, -0.25) is 0 Å². The Balaban J connectivity index is 1.78. The van der Waals surface area contributed by atoms with Crippen molar-refractivity contribution in [1.82, 2.24) is 4.90 Å². The van der Waals surface area contributed by atoms with Crippen molar-refractivity contribution in [2.24, 2.45) is 0 Å². The smallest absolute Gasteiger partial charge is 0.410 e. The van der Waals surface area contributed by atoms with Crippen molar-refractivity contribution in [1.29, 1.82) is 0 Å². The average Bonchev–Trinajstić information content (AvgIpc) is 2.32. The van der Waals surface area contributed by atoms with Crippen LogP contribution in [0.5, 0.6) is 0 Å². The summed E-state index contributed by atoms with van der Waals surface area (Å²) in [5, 5.41) is 10.3. The average molecular weight is 277 g/mol. The van der Waals surface area contributed by atoms with Gasteiger partial charge in [-0.15, -0.1) is 0 Å². The molecule has 0 saturated carbocycles. The minimum absolute atomic E-state index is 0.345. The number of hydrogen-bond donors (Lipinski definition) is 1. The zero-order valence-corrected chi connectivity index (χ0v) is 12.4. The van der Waals surface area contributed by atoms with Gasteiger partial charge in [0, 0.05) is 0 Å². The van der Waals surface area contributed by atoms with Gasteiger partial charge in [0.25, 0.3) is 0 Å². The molecule has 0 aromatic heterocycles. The van der Waals surface area contributed by atoms with Crippen molar-refractivity contribution in [3.8, 4) is 0 Å². The molecule has 0 radical (unpaired) electrons. The fraction of sp³-hybridized carbons (Fsp3) is 0.562. The van der Waals surface area contributed by atoms with E-state index in [1.165, 1.54) is 5.56 Å². The number of aliphatic hydroxyl groups is 1. The van der Waals surface area contributed by atoms with Crippen molar-refractivity contribution in [3.05, 3.63) is 35.9 Å². The van der Waals surface area contributed by atoms with Crippen LogP contribution in [0.15, 0.2) is 30.3 Å². The molecule has 1 aromatic rings. The van der Waals surface area contributed by atoms with E-state index in [2.05, 4.69) is 0 Å². The van der Waals surface area contributed by atoms with Crippen LogP contribution in [0.4, 0.5) is 4.79 Å². The van der Waals surface area contributed by atoms with Crippen LogP contribution in [0.25, 0.3) is 0 Å². The summed E-state index contributed by atoms with van der Waals surface area (Å²) in [4.78, 5) is 13.3. The molecule has 1 aliphatic heterocycles. The summed E-state index contributed by atoms with van der Waals surface area (Å²) in [7, 11) is 0. The predicted octanol–water partition coefficient (Wildman–Crippen LogP) is 2.60. The molecule has 4 heteroatoms. The highest BCUT2D eigenvalue weighted by Gasteiger charge is 2.44. The largest absolute Gasteiger partial charge is 0.444 e. The molecule has 1 amide bonds. The summed E-state index contributed by atoms with van der Waals surface area (Å²) < 4.78 is 5.27. The standard InChI is InChI=1S/C16H23NO3/c1-15(2,3)20-14(18)17-11-16(19,12-17)10-9-13-7-5-4-6-8-13/h4-8,19H,9-12H2,1-3H3. The topological polar surface area (TPSA) is 49.8 Å². The van der Waals surface area contributed by atoms with Crippen molar-refractivity contribution < 1.29 is 14.6 Å². The Morgan fingerprint density at radius 1 is 1.30 bits per heavy atom. The molecule has 110 valence electrons. The molecule has 1 aromatic carbocycles. The fourth-order valence-corrected chi connectivity index (χ4v) is 2.30. The second-order valence-electron chi connectivity index (χ2n) is 6.55. The van der Waals surface area contributed by atoms with Gasteiger partial charge in [-0.25, -0.2) is 4.79 Å². The molecule has 1 aliphatic rings. The van der Waals surface area contributed by atoms with Gasteiger partial charge >= 0.3 is 6.09 Å². The number of amides is 1. The molecule has 1 fully saturated rings. The van der Waals surface area contributed by atoms with Gasteiger partial charge in [0.1, 0.15) is 11.2 Å². The first-order chi connectivity index (χ1) is 9.27. The van der Waals surface area contributed by atoms with Crippen molar-refractivity contribution in [2.45, 2.75) is 44.8 Å². The molecule has 0 aliphatic carbocycles. The quantitative estimate of drug-likeness (QED) is 0.924. The highest BCUT2D eigenvalue weighted by Crippen LogP contribution is 2.27. The van der Waals surface area contributed by atoms with Crippen LogP contribution in [0.2, 0.25) is 0 Å². The fourth-order valence-electron chi connectivity index (χ4n) is 2.30. The van der Waals surface area contributed by atoms with E-state index in [-0.39, 0.29) is 6.09 Å². The van der Waals surface area contributed by atoms with Gasteiger partial charge in [-0.1, -0.05) is 30.3 Å². The SMILES string of the molecule is CC(C)(C)OC(=O)N1CC(O)(CCc2ccccc2)C1. The van der Waals surface area contributed by atoms with Gasteiger partial charge < -0.3 is 14.7 Å². The zero-order chi connectivity index (χ0) is 14.8. The predicted molar refractivity (Wildman–Crippen MR) is 77.5 cm³/mol. The molecule has 20 heavy (non-hydrogen) atoms. The molecule has 4 nitrogen and oxygen atoms in total. The first kappa shape index (κ1) is 14.9. The first-order valence-electron chi connectivity index (χ1n) is 7.02. The number of carbonyl (C=O) groups is 1. The maximum Gasteiger partial charge on any atom is 0.410 e. The number of aryl methyl sites for hydroxylation is 1. The highest BCUT2D eigenvalue weighted by atomic mass is 16.6. The Bertz CT molecular complexity index is 458. The Kier molecular flexibility index (Phi) is 4.04. The minimum Gasteiger partial charge on any atom is -0.444 e. The second-order valence-corrected chi connectivity index (χ2v) is 6.55. The number of β-amino-alcohol motifs (C(OH)–C–C–N with tert-alkyl or cyclic N) is 1. The van der Waals surface area contributed by atoms with Crippen LogP contribution in [0.3, 0.4) is 0 Å². The van der Waals surface area contributed by atoms with E-state index < -0.39 is 11.2 Å². The summed E-state index contributed by atoms with van der Waals surface area (Å²) in [6.07, 6.45) is 1.14. The monoisotopic (exact) mass is 277 g/mol. The molecule has 0 unspecified atom stereocenters. The molecule has 1 saturated heterocycles. The van der Waals surface area contributed by atoms with E-state index in [0.29, 0.717) is 19.5 Å². The third-order valence-corrected chi connectivity index (χ3v) is 3.34. The number of likely N-dealkylation sites (tertiary alicyclic amines) is 1. The Morgan fingerprint density at radius 3 is 2.45 bits per heavy atom. The van der Waals surface area contributed by atoms with Crippen LogP contribution in [0.1, 0.15) is 32.8 Å². The lowest BCUT2D eigenvalue weighted by Crippen LogP contribution is -2.64. The summed E-state index contributed by atoms with van der Waals surface area (Å²) in [6, 6.07) is 10.1. The molecular formula is C16H23NO3. The molecular weight excluding hydrogens is 254 g/mol. The van der Waals surface area contributed by atoms with E-state index in [9.17, 15) is 9.90 Å². The third-order valence-electron chi connectivity index (χ3n) is 3.34. The Labute approximate surface area is 120 Å². The van der Waals surface area contributed by atoms with E-state index in [1.807, 2.05) is 51.1 Å². The van der Waals surface area contributed by atoms with E-state index in [0.717, 1.165) is 6.42 Å². The minimum atomic E-state index is -0.771. The lowest BCUT2D eigenvalue weighted by atomic mass is 9.88. The molecule has 0 atom stereocenters. The third kappa shape index (κ3) is 3.97. The first-order valence-corrected chi connectivity index (χ1v) is 7.02. The summed E-state index contributed by atoms with van der Waals surface area (Å²) in [5.74, 6) is 0. The molecule has 0 spiro atoms. The van der Waals surface area contributed by atoms with Crippen molar-refractivity contribution in [3.63, 3.8) is 0 Å². The second kappa shape index (κ2) is 5.44. The van der Waals surface area contributed by atoms with E-state index in [1.54, 1.807) is 4.90 Å². The lowest BCUT2D eigenvalue weighted by Gasteiger charge is -2.46. The number of rotatable bonds is 3. The zero-order valence-electron chi connectivity index (χ0n) is 12.4. The van der Waals surface area contributed by atoms with Gasteiger partial charge in [-0.2, -0.15) is 0 Å². The number of nitrogens with zero attached hydrogens (tertiary/aromatic N) is 1. The number of carbonyl (C=O) groups excluding carboxylic acids is 1. The lowest BCUT2D eigenvalue weighted by molar-refractivity contribution is -0.102. The number of hydrogen-bond acceptors (Lipinski definition) is 3. The van der Waals surface area contributed by atoms with Gasteiger partial charge in [-0.05, 0) is 39.2 Å². The highest BCUT2D eigenvalue weighted by molar-refractivity contribution is 5.69. The summed E-state index contributed by atoms with van der Waals surface area (Å²) in [5.41, 5.74) is -0.0571. The maximum atomic E-state index is 11.8. The Hall–Kier alpha value is -1.55. The summed E-state index contributed by atoms with van der Waals surface area (Å²) in [6.45, 7) is 6.23. The Morgan fingerprint density at radius 2 is 1.90 bits per heavy atom. The van der Waals surface area contributed by atoms with E-state index in [4.69, 9.17) is 4.74 Å². The molecule has 2 rings (SSSR count). The van der Waals surface area contributed by atoms with Crippen LogP contribution in [0, 0.1) is 0 Å².